The number of fused-ring (bicyclic) bond motifs is 4. The number of aromatic nitrogens is 2. The molecule has 1 fully saturated rings. The fourth-order valence-electron chi connectivity index (χ4n) is 5.43. The largest absolute Gasteiger partial charge is 0.342 e. The smallest absolute Gasteiger partial charge is 0.250 e. The molecular weight excluding hydrogens is 386 g/mol. The Balaban J connectivity index is 1.41. The Labute approximate surface area is 185 Å². The molecule has 5 nitrogen and oxygen atoms in total. The molecule has 1 saturated heterocycles. The topological polar surface area (TPSA) is 55.2 Å². The number of pyridine rings is 2. The van der Waals surface area contributed by atoms with Crippen molar-refractivity contribution >= 4 is 5.91 Å². The van der Waals surface area contributed by atoms with Crippen molar-refractivity contribution in [3.63, 3.8) is 0 Å². The van der Waals surface area contributed by atoms with Crippen LogP contribution < -0.4 is 5.56 Å². The van der Waals surface area contributed by atoms with Crippen LogP contribution in [0.4, 0.5) is 0 Å². The van der Waals surface area contributed by atoms with E-state index in [9.17, 15) is 9.59 Å². The highest BCUT2D eigenvalue weighted by Crippen LogP contribution is 2.43. The molecule has 0 aliphatic carbocycles. The molecule has 4 heterocycles. The molecule has 5 heteroatoms. The molecular formula is C26H35N3O2. The number of piperidine rings is 1. The molecule has 2 aromatic rings. The minimum atomic E-state index is 0.121. The Kier molecular flexibility index (Phi) is 6.89. The quantitative estimate of drug-likeness (QED) is 0.586. The molecule has 3 atom stereocenters. The molecule has 0 unspecified atom stereocenters. The van der Waals surface area contributed by atoms with E-state index >= 15 is 0 Å². The van der Waals surface area contributed by atoms with E-state index in [-0.39, 0.29) is 23.4 Å². The Hall–Kier alpha value is -2.43. The van der Waals surface area contributed by atoms with Crippen LogP contribution in [0.5, 0.6) is 0 Å². The second-order valence-electron chi connectivity index (χ2n) is 9.76. The Bertz CT molecular complexity index is 937. The van der Waals surface area contributed by atoms with Gasteiger partial charge in [0.15, 0.2) is 0 Å². The zero-order valence-electron chi connectivity index (χ0n) is 18.9. The van der Waals surface area contributed by atoms with Crippen molar-refractivity contribution in [2.45, 2.75) is 70.8 Å². The summed E-state index contributed by atoms with van der Waals surface area (Å²) >= 11 is 0. The van der Waals surface area contributed by atoms with Gasteiger partial charge in [0.1, 0.15) is 0 Å². The summed E-state index contributed by atoms with van der Waals surface area (Å²) in [5.74, 6) is 1.55. The van der Waals surface area contributed by atoms with E-state index in [0.29, 0.717) is 18.3 Å². The molecule has 2 aliphatic rings. The fraction of sp³-hybridized carbons (Fsp3) is 0.577. The second-order valence-corrected chi connectivity index (χ2v) is 9.76. The summed E-state index contributed by atoms with van der Waals surface area (Å²) in [4.78, 5) is 32.0. The third kappa shape index (κ3) is 5.08. The van der Waals surface area contributed by atoms with Crippen LogP contribution in [0.3, 0.4) is 0 Å². The van der Waals surface area contributed by atoms with Gasteiger partial charge >= 0.3 is 0 Å². The molecule has 0 spiro atoms. The van der Waals surface area contributed by atoms with Gasteiger partial charge in [0.2, 0.25) is 5.91 Å². The number of aryl methyl sites for hydroxylation is 1. The second kappa shape index (κ2) is 9.80. The predicted octanol–water partition coefficient (Wildman–Crippen LogP) is 4.58. The van der Waals surface area contributed by atoms with Crippen LogP contribution in [0.1, 0.15) is 75.6 Å². The summed E-state index contributed by atoms with van der Waals surface area (Å²) in [6, 6.07) is 9.95. The third-order valence-corrected chi connectivity index (χ3v) is 7.02. The van der Waals surface area contributed by atoms with Crippen LogP contribution in [-0.2, 0) is 11.2 Å². The van der Waals surface area contributed by atoms with Gasteiger partial charge in [-0.05, 0) is 68.1 Å². The van der Waals surface area contributed by atoms with Gasteiger partial charge in [-0.25, -0.2) is 0 Å². The average Bonchev–Trinajstić information content (AvgIpc) is 2.77. The Morgan fingerprint density at radius 1 is 1.16 bits per heavy atom. The van der Waals surface area contributed by atoms with Crippen LogP contribution in [0.2, 0.25) is 0 Å². The van der Waals surface area contributed by atoms with Crippen molar-refractivity contribution in [3.8, 4) is 0 Å². The summed E-state index contributed by atoms with van der Waals surface area (Å²) in [7, 11) is 0. The average molecular weight is 422 g/mol. The molecule has 31 heavy (non-hydrogen) atoms. The molecule has 0 saturated carbocycles. The highest BCUT2D eigenvalue weighted by atomic mass is 16.2. The lowest BCUT2D eigenvalue weighted by Crippen LogP contribution is -2.51. The van der Waals surface area contributed by atoms with Gasteiger partial charge in [0.05, 0.1) is 0 Å². The third-order valence-electron chi connectivity index (χ3n) is 7.02. The standard InChI is InChI=1S/C26H35N3O2/c1-19(2)12-13-24-22-15-21(23-9-5-11-26(31)29(23)24)17-28(18-22)25(30)10-4-3-7-20-8-6-14-27-16-20/h5-6,8-9,11,14,16,19,21-22,24H,3-4,7,10,12-13,15,17-18H2,1-2H3/t21-,22+,24+/m1/s1. The molecule has 0 radical (unpaired) electrons. The van der Waals surface area contributed by atoms with Crippen molar-refractivity contribution in [1.82, 2.24) is 14.5 Å². The number of carbonyl (C=O) groups is 1. The fourth-order valence-corrected chi connectivity index (χ4v) is 5.43. The summed E-state index contributed by atoms with van der Waals surface area (Å²) in [6.45, 7) is 6.02. The Morgan fingerprint density at radius 2 is 2.03 bits per heavy atom. The first-order chi connectivity index (χ1) is 15.0. The van der Waals surface area contributed by atoms with Gasteiger partial charge in [-0.15, -0.1) is 0 Å². The minimum Gasteiger partial charge on any atom is -0.342 e. The van der Waals surface area contributed by atoms with E-state index in [1.807, 2.05) is 18.3 Å². The van der Waals surface area contributed by atoms with Gasteiger partial charge < -0.3 is 9.47 Å². The normalized spacial score (nSPS) is 22.4. The highest BCUT2D eigenvalue weighted by molar-refractivity contribution is 5.76. The van der Waals surface area contributed by atoms with Crippen LogP contribution in [0.15, 0.2) is 47.5 Å². The van der Waals surface area contributed by atoms with Gasteiger partial charge in [-0.2, -0.15) is 0 Å². The van der Waals surface area contributed by atoms with E-state index in [1.54, 1.807) is 12.3 Å². The van der Waals surface area contributed by atoms with Gasteiger partial charge in [0, 0.05) is 55.6 Å². The van der Waals surface area contributed by atoms with E-state index in [0.717, 1.165) is 57.3 Å². The summed E-state index contributed by atoms with van der Waals surface area (Å²) < 4.78 is 2.07. The molecule has 4 rings (SSSR count). The number of hydrogen-bond acceptors (Lipinski definition) is 3. The van der Waals surface area contributed by atoms with Crippen molar-refractivity contribution < 1.29 is 4.79 Å². The molecule has 2 bridgehead atoms. The highest BCUT2D eigenvalue weighted by Gasteiger charge is 2.41. The lowest BCUT2D eigenvalue weighted by molar-refractivity contribution is -0.134. The van der Waals surface area contributed by atoms with Crippen LogP contribution in [-0.4, -0.2) is 33.4 Å². The maximum atomic E-state index is 13.0. The van der Waals surface area contributed by atoms with Gasteiger partial charge in [-0.3, -0.25) is 14.6 Å². The van der Waals surface area contributed by atoms with Crippen molar-refractivity contribution in [2.75, 3.05) is 13.1 Å². The lowest BCUT2D eigenvalue weighted by atomic mass is 9.76. The number of likely N-dealkylation sites (tertiary alicyclic amines) is 1. The molecule has 0 aromatic carbocycles. The summed E-state index contributed by atoms with van der Waals surface area (Å²) in [6.07, 6.45) is 10.4. The zero-order valence-corrected chi connectivity index (χ0v) is 18.9. The number of carbonyl (C=O) groups excluding carboxylic acids is 1. The van der Waals surface area contributed by atoms with E-state index in [1.165, 1.54) is 5.56 Å². The predicted molar refractivity (Wildman–Crippen MR) is 123 cm³/mol. The molecule has 2 aromatic heterocycles. The first-order valence-electron chi connectivity index (χ1n) is 11.9. The number of hydrogen-bond donors (Lipinski definition) is 0. The molecule has 0 N–H and O–H groups in total. The van der Waals surface area contributed by atoms with Crippen molar-refractivity contribution in [2.24, 2.45) is 11.8 Å². The molecule has 1 amide bonds. The van der Waals surface area contributed by atoms with E-state index < -0.39 is 0 Å². The number of unbranched alkanes of at least 4 members (excludes halogenated alkanes) is 1. The minimum absolute atomic E-state index is 0.121. The Morgan fingerprint density at radius 3 is 2.81 bits per heavy atom. The van der Waals surface area contributed by atoms with E-state index in [4.69, 9.17) is 0 Å². The molecule has 2 aliphatic heterocycles. The van der Waals surface area contributed by atoms with Crippen LogP contribution >= 0.6 is 0 Å². The van der Waals surface area contributed by atoms with Crippen LogP contribution in [0, 0.1) is 11.8 Å². The summed E-state index contributed by atoms with van der Waals surface area (Å²) in [5.41, 5.74) is 2.49. The number of rotatable bonds is 8. The number of nitrogens with zero attached hydrogens (tertiary/aromatic N) is 3. The summed E-state index contributed by atoms with van der Waals surface area (Å²) in [5, 5.41) is 0. The van der Waals surface area contributed by atoms with Gasteiger partial charge in [0.25, 0.3) is 5.56 Å². The number of amides is 1. The first kappa shape index (κ1) is 21.8. The lowest BCUT2D eigenvalue weighted by Gasteiger charge is -2.47. The maximum absolute atomic E-state index is 13.0. The van der Waals surface area contributed by atoms with Crippen molar-refractivity contribution in [1.29, 1.82) is 0 Å². The zero-order chi connectivity index (χ0) is 21.8. The van der Waals surface area contributed by atoms with Gasteiger partial charge in [-0.1, -0.05) is 26.0 Å². The SMILES string of the molecule is CC(C)CC[C@H]1[C@H]2C[C@H](CN(C(=O)CCCCc3cccnc3)C2)c2cccc(=O)n21. The van der Waals surface area contributed by atoms with E-state index in [2.05, 4.69) is 40.4 Å². The first-order valence-corrected chi connectivity index (χ1v) is 11.9. The maximum Gasteiger partial charge on any atom is 0.250 e. The monoisotopic (exact) mass is 421 g/mol. The van der Waals surface area contributed by atoms with Crippen molar-refractivity contribution in [3.05, 3.63) is 64.3 Å². The molecule has 166 valence electrons. The van der Waals surface area contributed by atoms with Crippen LogP contribution in [0.25, 0.3) is 0 Å².